The average molecular weight is 295 g/mol. The zero-order valence-corrected chi connectivity index (χ0v) is 14.9. The fourth-order valence-corrected chi connectivity index (χ4v) is 4.57. The zero-order valence-electron chi connectivity index (χ0n) is 14.9. The second-order valence-corrected chi connectivity index (χ2v) is 8.04. The first-order valence-corrected chi connectivity index (χ1v) is 9.55. The van der Waals surface area contributed by atoms with Gasteiger partial charge in [-0.3, -0.25) is 0 Å². The topological polar surface area (TPSA) is 15.3 Å². The maximum atomic E-state index is 3.84. The molecule has 124 valence electrons. The summed E-state index contributed by atoms with van der Waals surface area (Å²) in [6.07, 6.45) is 11.3. The van der Waals surface area contributed by atoms with E-state index in [0.29, 0.717) is 0 Å². The molecule has 1 N–H and O–H groups in total. The van der Waals surface area contributed by atoms with Crippen LogP contribution >= 0.6 is 0 Å². The molecule has 2 saturated carbocycles. The van der Waals surface area contributed by atoms with Crippen LogP contribution in [-0.2, 0) is 0 Å². The quantitative estimate of drug-likeness (QED) is 0.753. The van der Waals surface area contributed by atoms with Crippen LogP contribution in [0.4, 0.5) is 0 Å². The summed E-state index contributed by atoms with van der Waals surface area (Å²) in [5.41, 5.74) is 0. The molecule has 0 heterocycles. The van der Waals surface area contributed by atoms with Crippen LogP contribution in [0, 0.1) is 17.8 Å². The summed E-state index contributed by atoms with van der Waals surface area (Å²) in [5.74, 6) is 2.75. The van der Waals surface area contributed by atoms with Gasteiger partial charge in [-0.05, 0) is 69.9 Å². The molecule has 0 aliphatic heterocycles. The maximum absolute atomic E-state index is 3.84. The van der Waals surface area contributed by atoms with Gasteiger partial charge < -0.3 is 10.2 Å². The van der Waals surface area contributed by atoms with Crippen molar-refractivity contribution in [2.45, 2.75) is 84.2 Å². The molecule has 0 radical (unpaired) electrons. The van der Waals surface area contributed by atoms with Gasteiger partial charge in [0.25, 0.3) is 0 Å². The number of rotatable bonds is 7. The van der Waals surface area contributed by atoms with Crippen LogP contribution in [0.3, 0.4) is 0 Å². The Labute approximate surface area is 133 Å². The number of nitrogens with one attached hydrogen (secondary N) is 1. The summed E-state index contributed by atoms with van der Waals surface area (Å²) in [6, 6.07) is 1.49. The molecular formula is C19H38N2. The first-order valence-electron chi connectivity index (χ1n) is 9.55. The first kappa shape index (κ1) is 17.3. The SMILES string of the molecule is CCCNC1CCC(C(C)C)CC1N(C)CC1CCCC1. The molecule has 2 rings (SSSR count). The van der Waals surface area contributed by atoms with Crippen molar-refractivity contribution in [1.82, 2.24) is 10.2 Å². The summed E-state index contributed by atoms with van der Waals surface area (Å²) >= 11 is 0. The summed E-state index contributed by atoms with van der Waals surface area (Å²) in [4.78, 5) is 2.72. The standard InChI is InChI=1S/C19H38N2/c1-5-12-20-18-11-10-17(15(2)3)13-19(18)21(4)14-16-8-6-7-9-16/h15-20H,5-14H2,1-4H3. The van der Waals surface area contributed by atoms with Gasteiger partial charge in [-0.15, -0.1) is 0 Å². The third-order valence-electron chi connectivity index (χ3n) is 6.04. The lowest BCUT2D eigenvalue weighted by atomic mass is 9.76. The van der Waals surface area contributed by atoms with Gasteiger partial charge in [-0.1, -0.05) is 33.6 Å². The van der Waals surface area contributed by atoms with E-state index in [4.69, 9.17) is 0 Å². The Balaban J connectivity index is 1.93. The van der Waals surface area contributed by atoms with Crippen molar-refractivity contribution in [3.05, 3.63) is 0 Å². The van der Waals surface area contributed by atoms with E-state index in [-0.39, 0.29) is 0 Å². The predicted molar refractivity (Wildman–Crippen MR) is 92.6 cm³/mol. The van der Waals surface area contributed by atoms with E-state index < -0.39 is 0 Å². The number of nitrogens with zero attached hydrogens (tertiary/aromatic N) is 1. The molecule has 0 saturated heterocycles. The van der Waals surface area contributed by atoms with Crippen molar-refractivity contribution in [2.75, 3.05) is 20.1 Å². The molecule has 0 bridgehead atoms. The van der Waals surface area contributed by atoms with Gasteiger partial charge in [0, 0.05) is 18.6 Å². The Kier molecular flexibility index (Phi) is 7.01. The lowest BCUT2D eigenvalue weighted by Gasteiger charge is -2.43. The van der Waals surface area contributed by atoms with Crippen LogP contribution in [0.1, 0.15) is 72.1 Å². The highest BCUT2D eigenvalue weighted by molar-refractivity contribution is 4.92. The predicted octanol–water partition coefficient (Wildman–Crippen LogP) is 4.30. The highest BCUT2D eigenvalue weighted by Gasteiger charge is 2.34. The minimum absolute atomic E-state index is 0.728. The van der Waals surface area contributed by atoms with Crippen LogP contribution in [0.25, 0.3) is 0 Å². The van der Waals surface area contributed by atoms with E-state index in [1.54, 1.807) is 0 Å². The third-order valence-corrected chi connectivity index (χ3v) is 6.04. The normalized spacial score (nSPS) is 31.4. The van der Waals surface area contributed by atoms with Gasteiger partial charge in [0.05, 0.1) is 0 Å². The van der Waals surface area contributed by atoms with Crippen molar-refractivity contribution in [2.24, 2.45) is 17.8 Å². The van der Waals surface area contributed by atoms with E-state index in [9.17, 15) is 0 Å². The summed E-state index contributed by atoms with van der Waals surface area (Å²) in [5, 5.41) is 3.84. The summed E-state index contributed by atoms with van der Waals surface area (Å²) < 4.78 is 0. The van der Waals surface area contributed by atoms with Gasteiger partial charge in [0.1, 0.15) is 0 Å². The second-order valence-electron chi connectivity index (χ2n) is 8.04. The maximum Gasteiger partial charge on any atom is 0.0249 e. The van der Waals surface area contributed by atoms with Crippen LogP contribution in [0.5, 0.6) is 0 Å². The van der Waals surface area contributed by atoms with E-state index in [1.165, 1.54) is 64.5 Å². The minimum Gasteiger partial charge on any atom is -0.312 e. The van der Waals surface area contributed by atoms with Crippen molar-refractivity contribution in [3.8, 4) is 0 Å². The Hall–Kier alpha value is -0.0800. The van der Waals surface area contributed by atoms with Gasteiger partial charge in [-0.25, -0.2) is 0 Å². The fraction of sp³-hybridized carbons (Fsp3) is 1.00. The Morgan fingerprint density at radius 1 is 1.10 bits per heavy atom. The molecular weight excluding hydrogens is 256 g/mol. The van der Waals surface area contributed by atoms with E-state index in [2.05, 4.69) is 38.0 Å². The highest BCUT2D eigenvalue weighted by Crippen LogP contribution is 2.34. The lowest BCUT2D eigenvalue weighted by molar-refractivity contribution is 0.0910. The molecule has 2 aliphatic carbocycles. The molecule has 0 aromatic heterocycles. The molecule has 2 fully saturated rings. The van der Waals surface area contributed by atoms with Gasteiger partial charge in [-0.2, -0.15) is 0 Å². The van der Waals surface area contributed by atoms with Crippen LogP contribution in [-0.4, -0.2) is 37.1 Å². The second kappa shape index (κ2) is 8.53. The largest absolute Gasteiger partial charge is 0.312 e. The molecule has 21 heavy (non-hydrogen) atoms. The van der Waals surface area contributed by atoms with Crippen LogP contribution < -0.4 is 5.32 Å². The molecule has 2 aliphatic rings. The highest BCUT2D eigenvalue weighted by atomic mass is 15.2. The monoisotopic (exact) mass is 294 g/mol. The smallest absolute Gasteiger partial charge is 0.0249 e. The summed E-state index contributed by atoms with van der Waals surface area (Å²) in [7, 11) is 2.40. The molecule has 0 amide bonds. The van der Waals surface area contributed by atoms with Gasteiger partial charge in [0.2, 0.25) is 0 Å². The Morgan fingerprint density at radius 3 is 2.43 bits per heavy atom. The Bertz CT molecular complexity index is 283. The molecule has 0 aromatic carbocycles. The van der Waals surface area contributed by atoms with E-state index >= 15 is 0 Å². The number of likely N-dealkylation sites (N-methyl/N-ethyl adjacent to an activating group) is 1. The van der Waals surface area contributed by atoms with Crippen molar-refractivity contribution in [1.29, 1.82) is 0 Å². The zero-order chi connectivity index (χ0) is 15.2. The first-order chi connectivity index (χ1) is 10.1. The van der Waals surface area contributed by atoms with Crippen LogP contribution in [0.2, 0.25) is 0 Å². The van der Waals surface area contributed by atoms with Crippen LogP contribution in [0.15, 0.2) is 0 Å². The van der Waals surface area contributed by atoms with Gasteiger partial charge in [0.15, 0.2) is 0 Å². The third kappa shape index (κ3) is 4.96. The molecule has 3 atom stereocenters. The number of hydrogen-bond donors (Lipinski definition) is 1. The van der Waals surface area contributed by atoms with Crippen molar-refractivity contribution < 1.29 is 0 Å². The molecule has 0 spiro atoms. The molecule has 2 nitrogen and oxygen atoms in total. The minimum atomic E-state index is 0.728. The number of hydrogen-bond acceptors (Lipinski definition) is 2. The lowest BCUT2D eigenvalue weighted by Crippen LogP contribution is -2.53. The fourth-order valence-electron chi connectivity index (χ4n) is 4.57. The van der Waals surface area contributed by atoms with E-state index in [0.717, 1.165) is 29.8 Å². The molecule has 2 heteroatoms. The molecule has 0 aromatic rings. The van der Waals surface area contributed by atoms with E-state index in [1.807, 2.05) is 0 Å². The van der Waals surface area contributed by atoms with Crippen molar-refractivity contribution in [3.63, 3.8) is 0 Å². The summed E-state index contributed by atoms with van der Waals surface area (Å²) in [6.45, 7) is 9.63. The molecule has 3 unspecified atom stereocenters. The Morgan fingerprint density at radius 2 is 1.81 bits per heavy atom. The van der Waals surface area contributed by atoms with Crippen molar-refractivity contribution >= 4 is 0 Å². The van der Waals surface area contributed by atoms with Gasteiger partial charge >= 0.3 is 0 Å². The average Bonchev–Trinajstić information content (AvgIpc) is 2.97.